The van der Waals surface area contributed by atoms with Crippen LogP contribution in [0.15, 0.2) is 46.8 Å². The molecule has 0 aliphatic carbocycles. The second-order valence-corrected chi connectivity index (χ2v) is 7.52. The molecule has 1 aromatic carbocycles. The van der Waals surface area contributed by atoms with Crippen molar-refractivity contribution in [2.45, 2.75) is 20.0 Å². The zero-order chi connectivity index (χ0) is 19.9. The van der Waals surface area contributed by atoms with Gasteiger partial charge in [-0.05, 0) is 17.0 Å². The topological polar surface area (TPSA) is 91.1 Å². The normalized spacial score (nSPS) is 14.3. The predicted octanol–water partition coefficient (Wildman–Crippen LogP) is 3.08. The summed E-state index contributed by atoms with van der Waals surface area (Å²) in [7, 11) is 0. The number of halogens is 1. The lowest BCUT2D eigenvalue weighted by molar-refractivity contribution is -0.384. The first kappa shape index (κ1) is 23.1. The fourth-order valence-electron chi connectivity index (χ4n) is 2.97. The van der Waals surface area contributed by atoms with Crippen LogP contribution < -0.4 is 5.32 Å². The largest absolute Gasteiger partial charge is 0.351 e. The number of carbonyl (C=O) groups excluding carboxylic acids is 1. The van der Waals surface area contributed by atoms with E-state index in [2.05, 4.69) is 16.3 Å². The number of benzene rings is 1. The Bertz CT molecular complexity index is 834. The summed E-state index contributed by atoms with van der Waals surface area (Å²) in [5, 5.41) is 16.2. The minimum absolute atomic E-state index is 0. The maximum absolute atomic E-state index is 11.6. The van der Waals surface area contributed by atoms with E-state index in [4.69, 9.17) is 4.99 Å². The summed E-state index contributed by atoms with van der Waals surface area (Å²) in [5.74, 6) is 0.880. The van der Waals surface area contributed by atoms with E-state index in [1.165, 1.54) is 17.0 Å². The Morgan fingerprint density at radius 1 is 1.17 bits per heavy atom. The average molecular weight is 529 g/mol. The first-order valence-electron chi connectivity index (χ1n) is 9.07. The van der Waals surface area contributed by atoms with Gasteiger partial charge in [0.15, 0.2) is 5.96 Å². The Hall–Kier alpha value is -2.21. The quantitative estimate of drug-likeness (QED) is 0.212. The van der Waals surface area contributed by atoms with Crippen LogP contribution in [0, 0.1) is 10.1 Å². The van der Waals surface area contributed by atoms with Crippen LogP contribution in [0.4, 0.5) is 5.69 Å². The number of aliphatic imine (C=N–C) groups is 1. The highest BCUT2D eigenvalue weighted by Crippen LogP contribution is 2.13. The molecule has 0 spiro atoms. The lowest BCUT2D eigenvalue weighted by Gasteiger charge is -2.36. The van der Waals surface area contributed by atoms with Crippen molar-refractivity contribution in [2.75, 3.05) is 26.2 Å². The number of carbonyl (C=O) groups is 1. The van der Waals surface area contributed by atoms with Gasteiger partial charge >= 0.3 is 0 Å². The number of nitrogens with one attached hydrogen (secondary N) is 1. The highest BCUT2D eigenvalue weighted by molar-refractivity contribution is 14.0. The van der Waals surface area contributed by atoms with E-state index >= 15 is 0 Å². The fraction of sp³-hybridized carbons (Fsp3) is 0.368. The molecule has 2 aromatic rings. The smallest absolute Gasteiger partial charge is 0.269 e. The summed E-state index contributed by atoms with van der Waals surface area (Å²) in [6, 6.07) is 10.5. The van der Waals surface area contributed by atoms with Gasteiger partial charge in [0.2, 0.25) is 5.91 Å². The van der Waals surface area contributed by atoms with E-state index < -0.39 is 4.92 Å². The molecule has 2 heterocycles. The van der Waals surface area contributed by atoms with E-state index in [9.17, 15) is 14.9 Å². The van der Waals surface area contributed by atoms with Crippen molar-refractivity contribution in [2.24, 2.45) is 4.99 Å². The van der Waals surface area contributed by atoms with E-state index in [0.29, 0.717) is 26.2 Å². The van der Waals surface area contributed by atoms with Crippen molar-refractivity contribution in [1.82, 2.24) is 15.1 Å². The molecule has 29 heavy (non-hydrogen) atoms. The Kier molecular flexibility index (Phi) is 8.83. The van der Waals surface area contributed by atoms with Crippen LogP contribution in [0.2, 0.25) is 0 Å². The standard InChI is InChI=1S/C19H23N5O3S.HI/c1-15(25)22-8-10-23(11-9-22)19(21-14-18-3-2-12-28-18)20-13-16-4-6-17(7-5-16)24(26)27;/h2-7,12H,8-11,13-14H2,1H3,(H,20,21);1H. The maximum atomic E-state index is 11.6. The van der Waals surface area contributed by atoms with Crippen LogP contribution in [-0.4, -0.2) is 52.8 Å². The summed E-state index contributed by atoms with van der Waals surface area (Å²) >= 11 is 1.68. The van der Waals surface area contributed by atoms with Crippen LogP contribution in [0.3, 0.4) is 0 Å². The lowest BCUT2D eigenvalue weighted by Crippen LogP contribution is -2.53. The highest BCUT2D eigenvalue weighted by atomic mass is 127. The fourth-order valence-corrected chi connectivity index (χ4v) is 3.61. The SMILES string of the molecule is CC(=O)N1CCN(C(=NCc2ccc([N+](=O)[O-])cc2)NCc2cccs2)CC1.I. The summed E-state index contributed by atoms with van der Waals surface area (Å²) < 4.78 is 0. The van der Waals surface area contributed by atoms with Crippen LogP contribution in [0.25, 0.3) is 0 Å². The summed E-state index contributed by atoms with van der Waals surface area (Å²) in [4.78, 5) is 31.9. The molecule has 3 rings (SSSR count). The average Bonchev–Trinajstić information content (AvgIpc) is 3.22. The Morgan fingerprint density at radius 3 is 2.38 bits per heavy atom. The third kappa shape index (κ3) is 6.67. The molecule has 1 aromatic heterocycles. The van der Waals surface area contributed by atoms with Gasteiger partial charge in [0.25, 0.3) is 5.69 Å². The number of guanidine groups is 1. The summed E-state index contributed by atoms with van der Waals surface area (Å²) in [6.45, 7) is 5.49. The molecular formula is C19H24IN5O3S. The van der Waals surface area contributed by atoms with Gasteiger partial charge in [-0.2, -0.15) is 0 Å². The van der Waals surface area contributed by atoms with E-state index in [0.717, 1.165) is 24.6 Å². The molecule has 156 valence electrons. The molecule has 0 saturated carbocycles. The number of nitrogens with zero attached hydrogens (tertiary/aromatic N) is 4. The van der Waals surface area contributed by atoms with E-state index in [1.807, 2.05) is 16.3 Å². The second-order valence-electron chi connectivity index (χ2n) is 6.49. The van der Waals surface area contributed by atoms with Crippen molar-refractivity contribution in [3.8, 4) is 0 Å². The Morgan fingerprint density at radius 2 is 1.83 bits per heavy atom. The predicted molar refractivity (Wildman–Crippen MR) is 125 cm³/mol. The lowest BCUT2D eigenvalue weighted by atomic mass is 10.2. The molecule has 1 aliphatic rings. The number of hydrogen-bond acceptors (Lipinski definition) is 5. The van der Waals surface area contributed by atoms with Gasteiger partial charge in [-0.15, -0.1) is 35.3 Å². The van der Waals surface area contributed by atoms with Crippen molar-refractivity contribution >= 4 is 52.9 Å². The zero-order valence-electron chi connectivity index (χ0n) is 16.1. The number of amides is 1. The number of hydrogen-bond donors (Lipinski definition) is 1. The van der Waals surface area contributed by atoms with Gasteiger partial charge in [0.1, 0.15) is 0 Å². The molecule has 1 saturated heterocycles. The van der Waals surface area contributed by atoms with Crippen molar-refractivity contribution in [3.05, 3.63) is 62.3 Å². The molecule has 0 unspecified atom stereocenters. The zero-order valence-corrected chi connectivity index (χ0v) is 19.3. The van der Waals surface area contributed by atoms with Gasteiger partial charge in [-0.25, -0.2) is 4.99 Å². The molecular weight excluding hydrogens is 505 g/mol. The Labute approximate surface area is 190 Å². The molecule has 1 aliphatic heterocycles. The molecule has 1 N–H and O–H groups in total. The number of piperazine rings is 1. The monoisotopic (exact) mass is 529 g/mol. The van der Waals surface area contributed by atoms with Gasteiger partial charge in [-0.3, -0.25) is 14.9 Å². The number of nitro groups is 1. The number of nitro benzene ring substituents is 1. The third-order valence-electron chi connectivity index (χ3n) is 4.58. The van der Waals surface area contributed by atoms with Crippen molar-refractivity contribution in [1.29, 1.82) is 0 Å². The van der Waals surface area contributed by atoms with E-state index in [-0.39, 0.29) is 35.6 Å². The number of thiophene rings is 1. The van der Waals surface area contributed by atoms with Gasteiger partial charge in [0.05, 0.1) is 18.0 Å². The van der Waals surface area contributed by atoms with Gasteiger partial charge < -0.3 is 15.1 Å². The van der Waals surface area contributed by atoms with Crippen LogP contribution in [0.5, 0.6) is 0 Å². The van der Waals surface area contributed by atoms with Crippen LogP contribution in [-0.2, 0) is 17.9 Å². The minimum atomic E-state index is -0.407. The molecule has 0 atom stereocenters. The highest BCUT2D eigenvalue weighted by Gasteiger charge is 2.21. The summed E-state index contributed by atoms with van der Waals surface area (Å²) in [6.07, 6.45) is 0. The van der Waals surface area contributed by atoms with Crippen molar-refractivity contribution in [3.63, 3.8) is 0 Å². The van der Waals surface area contributed by atoms with Crippen molar-refractivity contribution < 1.29 is 9.72 Å². The van der Waals surface area contributed by atoms with Crippen LogP contribution >= 0.6 is 35.3 Å². The molecule has 10 heteroatoms. The summed E-state index contributed by atoms with van der Waals surface area (Å²) in [5.41, 5.74) is 0.979. The number of non-ortho nitro benzene ring substituents is 1. The second kappa shape index (κ2) is 11.1. The van der Waals surface area contributed by atoms with Crippen LogP contribution in [0.1, 0.15) is 17.4 Å². The molecule has 8 nitrogen and oxygen atoms in total. The number of rotatable bonds is 5. The van der Waals surface area contributed by atoms with E-state index in [1.54, 1.807) is 30.4 Å². The van der Waals surface area contributed by atoms with Gasteiger partial charge in [-0.1, -0.05) is 18.2 Å². The third-order valence-corrected chi connectivity index (χ3v) is 5.46. The molecule has 0 bridgehead atoms. The molecule has 0 radical (unpaired) electrons. The Balaban J connectivity index is 0.00000300. The maximum Gasteiger partial charge on any atom is 0.269 e. The van der Waals surface area contributed by atoms with Gasteiger partial charge in [0, 0.05) is 50.1 Å². The minimum Gasteiger partial charge on any atom is -0.351 e. The molecule has 1 fully saturated rings. The first-order valence-corrected chi connectivity index (χ1v) is 9.95. The first-order chi connectivity index (χ1) is 13.5. The molecule has 1 amide bonds.